The molecule has 2 heteroatoms. The van der Waals surface area contributed by atoms with Gasteiger partial charge in [0.2, 0.25) is 0 Å². The van der Waals surface area contributed by atoms with Gasteiger partial charge in [0.05, 0.1) is 0 Å². The van der Waals surface area contributed by atoms with E-state index >= 15 is 0 Å². The fraction of sp³-hybridized carbons (Fsp3) is 0.667. The van der Waals surface area contributed by atoms with E-state index in [2.05, 4.69) is 30.2 Å². The van der Waals surface area contributed by atoms with Gasteiger partial charge in [-0.2, -0.15) is 0 Å². The molecule has 0 saturated heterocycles. The monoisotopic (exact) mass is 232 g/mol. The van der Waals surface area contributed by atoms with Crippen LogP contribution in [0.1, 0.15) is 57.6 Å². The number of aromatic nitrogens is 1. The summed E-state index contributed by atoms with van der Waals surface area (Å²) in [6, 6.07) is 5.30. The lowest BCUT2D eigenvalue weighted by atomic mass is 9.84. The van der Waals surface area contributed by atoms with Crippen LogP contribution >= 0.6 is 0 Å². The fourth-order valence-electron chi connectivity index (χ4n) is 2.82. The van der Waals surface area contributed by atoms with E-state index in [9.17, 15) is 0 Å². The van der Waals surface area contributed by atoms with E-state index in [0.29, 0.717) is 12.1 Å². The Morgan fingerprint density at radius 3 is 2.71 bits per heavy atom. The quantitative estimate of drug-likeness (QED) is 0.856. The van der Waals surface area contributed by atoms with Crippen LogP contribution < -0.4 is 5.32 Å². The summed E-state index contributed by atoms with van der Waals surface area (Å²) >= 11 is 0. The molecular formula is C15H24N2. The van der Waals surface area contributed by atoms with Gasteiger partial charge in [0, 0.05) is 24.5 Å². The Morgan fingerprint density at radius 1 is 1.35 bits per heavy atom. The average Bonchev–Trinajstić information content (AvgIpc) is 2.40. The molecule has 1 N–H and O–H groups in total. The third-order valence-electron chi connectivity index (χ3n) is 4.09. The molecule has 1 saturated carbocycles. The van der Waals surface area contributed by atoms with Gasteiger partial charge in [-0.3, -0.25) is 4.98 Å². The molecule has 1 atom stereocenters. The first-order valence-corrected chi connectivity index (χ1v) is 6.95. The maximum atomic E-state index is 4.18. The molecule has 2 nitrogen and oxygen atoms in total. The van der Waals surface area contributed by atoms with E-state index in [1.807, 2.05) is 18.5 Å². The van der Waals surface area contributed by atoms with E-state index in [0.717, 1.165) is 5.92 Å². The van der Waals surface area contributed by atoms with Crippen molar-refractivity contribution in [2.24, 2.45) is 5.92 Å². The zero-order valence-corrected chi connectivity index (χ0v) is 11.0. The van der Waals surface area contributed by atoms with E-state index < -0.39 is 0 Å². The lowest BCUT2D eigenvalue weighted by Crippen LogP contribution is -2.34. The van der Waals surface area contributed by atoms with Crippen molar-refractivity contribution in [2.45, 2.75) is 58.0 Å². The molecule has 0 amide bonds. The number of nitrogens with zero attached hydrogens (tertiary/aromatic N) is 1. The summed E-state index contributed by atoms with van der Waals surface area (Å²) in [5, 5.41) is 3.74. The van der Waals surface area contributed by atoms with Crippen molar-refractivity contribution >= 4 is 0 Å². The second-order valence-electron chi connectivity index (χ2n) is 5.30. The molecule has 0 unspecified atom stereocenters. The van der Waals surface area contributed by atoms with E-state index in [4.69, 9.17) is 0 Å². The van der Waals surface area contributed by atoms with E-state index in [-0.39, 0.29) is 0 Å². The van der Waals surface area contributed by atoms with Gasteiger partial charge in [0.1, 0.15) is 0 Å². The normalized spacial score (nSPS) is 26.7. The van der Waals surface area contributed by atoms with Crippen molar-refractivity contribution in [3.8, 4) is 0 Å². The molecule has 1 aromatic rings. The molecule has 0 bridgehead atoms. The summed E-state index contributed by atoms with van der Waals surface area (Å²) in [5.74, 6) is 0.974. The number of nitrogens with one attached hydrogen (secondary N) is 1. The van der Waals surface area contributed by atoms with Gasteiger partial charge in [0.25, 0.3) is 0 Å². The molecule has 1 aromatic heterocycles. The molecule has 1 fully saturated rings. The Kier molecular flexibility index (Phi) is 4.55. The van der Waals surface area contributed by atoms with Gasteiger partial charge < -0.3 is 5.32 Å². The maximum Gasteiger partial charge on any atom is 0.0315 e. The highest BCUT2D eigenvalue weighted by atomic mass is 14.9. The zero-order valence-electron chi connectivity index (χ0n) is 11.0. The first-order chi connectivity index (χ1) is 8.29. The summed E-state index contributed by atoms with van der Waals surface area (Å²) in [6.45, 7) is 4.56. The van der Waals surface area contributed by atoms with Crippen molar-refractivity contribution in [1.82, 2.24) is 10.3 Å². The van der Waals surface area contributed by atoms with Crippen LogP contribution in [0.15, 0.2) is 24.5 Å². The molecule has 17 heavy (non-hydrogen) atoms. The van der Waals surface area contributed by atoms with Gasteiger partial charge in [0.15, 0.2) is 0 Å². The Balaban J connectivity index is 1.82. The van der Waals surface area contributed by atoms with Crippen LogP contribution in [-0.4, -0.2) is 11.0 Å². The third-order valence-corrected chi connectivity index (χ3v) is 4.09. The van der Waals surface area contributed by atoms with Gasteiger partial charge in [-0.05, 0) is 50.2 Å². The Bertz CT molecular complexity index is 315. The lowest BCUT2D eigenvalue weighted by molar-refractivity contribution is 0.273. The van der Waals surface area contributed by atoms with Crippen LogP contribution in [0.3, 0.4) is 0 Å². The van der Waals surface area contributed by atoms with Gasteiger partial charge in [-0.1, -0.05) is 19.4 Å². The summed E-state index contributed by atoms with van der Waals surface area (Å²) < 4.78 is 0. The zero-order chi connectivity index (χ0) is 12.1. The molecule has 0 aromatic carbocycles. The molecule has 0 aliphatic heterocycles. The number of hydrogen-bond acceptors (Lipinski definition) is 2. The van der Waals surface area contributed by atoms with Crippen molar-refractivity contribution < 1.29 is 0 Å². The van der Waals surface area contributed by atoms with E-state index in [1.54, 1.807) is 0 Å². The highest BCUT2D eigenvalue weighted by Crippen LogP contribution is 2.27. The van der Waals surface area contributed by atoms with Crippen LogP contribution in [0.5, 0.6) is 0 Å². The molecule has 0 spiro atoms. The van der Waals surface area contributed by atoms with Crippen molar-refractivity contribution in [3.63, 3.8) is 0 Å². The largest absolute Gasteiger partial charge is 0.307 e. The lowest BCUT2D eigenvalue weighted by Gasteiger charge is -2.30. The summed E-state index contributed by atoms with van der Waals surface area (Å²) in [5.41, 5.74) is 1.30. The Labute approximate surface area is 105 Å². The molecule has 0 radical (unpaired) electrons. The number of hydrogen-bond donors (Lipinski definition) is 1. The van der Waals surface area contributed by atoms with Crippen LogP contribution in [0.2, 0.25) is 0 Å². The standard InChI is InChI=1S/C15H24N2/c1-3-13-6-8-15(9-7-13)17-12(2)14-5-4-10-16-11-14/h4-5,10-13,15,17H,3,6-9H2,1-2H3/t12-,13?,15?/m1/s1. The minimum Gasteiger partial charge on any atom is -0.307 e. The summed E-state index contributed by atoms with van der Waals surface area (Å²) in [7, 11) is 0. The predicted octanol–water partition coefficient (Wildman–Crippen LogP) is 3.70. The summed E-state index contributed by atoms with van der Waals surface area (Å²) in [4.78, 5) is 4.18. The van der Waals surface area contributed by atoms with Gasteiger partial charge in [-0.25, -0.2) is 0 Å². The van der Waals surface area contributed by atoms with Crippen LogP contribution in [0.25, 0.3) is 0 Å². The van der Waals surface area contributed by atoms with Crippen LogP contribution in [0, 0.1) is 5.92 Å². The molecule has 94 valence electrons. The average molecular weight is 232 g/mol. The first-order valence-electron chi connectivity index (χ1n) is 6.95. The molecular weight excluding hydrogens is 208 g/mol. The Morgan fingerprint density at radius 2 is 2.12 bits per heavy atom. The second-order valence-corrected chi connectivity index (χ2v) is 5.30. The Hall–Kier alpha value is -0.890. The SMILES string of the molecule is CCC1CCC(N[C@H](C)c2cccnc2)CC1. The fourth-order valence-corrected chi connectivity index (χ4v) is 2.82. The van der Waals surface area contributed by atoms with Crippen molar-refractivity contribution in [2.75, 3.05) is 0 Å². The van der Waals surface area contributed by atoms with Gasteiger partial charge >= 0.3 is 0 Å². The third kappa shape index (κ3) is 3.53. The molecule has 1 aliphatic rings. The molecule has 2 rings (SSSR count). The smallest absolute Gasteiger partial charge is 0.0315 e. The maximum absolute atomic E-state index is 4.18. The topological polar surface area (TPSA) is 24.9 Å². The van der Waals surface area contributed by atoms with Gasteiger partial charge in [-0.15, -0.1) is 0 Å². The second kappa shape index (κ2) is 6.15. The number of pyridine rings is 1. The van der Waals surface area contributed by atoms with Crippen LogP contribution in [-0.2, 0) is 0 Å². The van der Waals surface area contributed by atoms with E-state index in [1.165, 1.54) is 37.7 Å². The molecule has 1 heterocycles. The van der Waals surface area contributed by atoms with Crippen LogP contribution in [0.4, 0.5) is 0 Å². The number of rotatable bonds is 4. The first kappa shape index (κ1) is 12.6. The highest BCUT2D eigenvalue weighted by Gasteiger charge is 2.21. The van der Waals surface area contributed by atoms with Crippen molar-refractivity contribution in [1.29, 1.82) is 0 Å². The van der Waals surface area contributed by atoms with Crippen molar-refractivity contribution in [3.05, 3.63) is 30.1 Å². The molecule has 1 aliphatic carbocycles. The highest BCUT2D eigenvalue weighted by molar-refractivity contribution is 5.13. The minimum atomic E-state index is 0.423. The summed E-state index contributed by atoms with van der Waals surface area (Å²) in [6.07, 6.45) is 10.6. The predicted molar refractivity (Wildman–Crippen MR) is 71.8 cm³/mol. The minimum absolute atomic E-state index is 0.423.